The maximum absolute atomic E-state index is 10.1. The van der Waals surface area contributed by atoms with E-state index in [0.717, 1.165) is 11.8 Å². The lowest BCUT2D eigenvalue weighted by atomic mass is 10.1. The molecule has 0 aliphatic heterocycles. The molecule has 0 N–H and O–H groups in total. The summed E-state index contributed by atoms with van der Waals surface area (Å²) in [6, 6.07) is 7.23. The van der Waals surface area contributed by atoms with E-state index in [1.54, 1.807) is 18.2 Å². The molecule has 68 valence electrons. The summed E-state index contributed by atoms with van der Waals surface area (Å²) < 4.78 is 0. The molecule has 13 heavy (non-hydrogen) atoms. The number of benzene rings is 1. The zero-order chi connectivity index (χ0) is 9.84. The van der Waals surface area contributed by atoms with E-state index in [0.29, 0.717) is 5.56 Å². The first-order valence-electron chi connectivity index (χ1n) is 3.67. The molecule has 1 aromatic carbocycles. The van der Waals surface area contributed by atoms with E-state index in [9.17, 15) is 10.1 Å². The van der Waals surface area contributed by atoms with Gasteiger partial charge in [-0.05, 0) is 12.5 Å². The lowest BCUT2D eigenvalue weighted by Gasteiger charge is -1.97. The molecular formula is C9H8ClNO2. The standard InChI is InChI=1S/C9H8ClNO2/c1-7-3-2-4-8(5-7)9(10)6-11(12)13/h2-6H,1H3/b9-6+. The van der Waals surface area contributed by atoms with Gasteiger partial charge in [-0.3, -0.25) is 10.1 Å². The average Bonchev–Trinajstić information content (AvgIpc) is 2.03. The topological polar surface area (TPSA) is 43.1 Å². The van der Waals surface area contributed by atoms with Crippen LogP contribution in [0.25, 0.3) is 5.03 Å². The van der Waals surface area contributed by atoms with Crippen molar-refractivity contribution in [2.24, 2.45) is 0 Å². The van der Waals surface area contributed by atoms with Gasteiger partial charge in [-0.15, -0.1) is 0 Å². The first kappa shape index (κ1) is 9.74. The molecule has 0 spiro atoms. The fourth-order valence-electron chi connectivity index (χ4n) is 0.961. The van der Waals surface area contributed by atoms with Crippen molar-refractivity contribution in [3.63, 3.8) is 0 Å². The van der Waals surface area contributed by atoms with Crippen LogP contribution in [0.4, 0.5) is 0 Å². The Balaban J connectivity index is 3.02. The summed E-state index contributed by atoms with van der Waals surface area (Å²) >= 11 is 5.69. The molecule has 4 heteroatoms. The number of hydrogen-bond donors (Lipinski definition) is 0. The van der Waals surface area contributed by atoms with E-state index < -0.39 is 4.92 Å². The fraction of sp³-hybridized carbons (Fsp3) is 0.111. The monoisotopic (exact) mass is 197 g/mol. The third-order valence-electron chi connectivity index (χ3n) is 1.51. The number of aryl methyl sites for hydroxylation is 1. The molecule has 0 heterocycles. The van der Waals surface area contributed by atoms with Crippen molar-refractivity contribution in [1.82, 2.24) is 0 Å². The third kappa shape index (κ3) is 2.87. The molecule has 3 nitrogen and oxygen atoms in total. The van der Waals surface area contributed by atoms with Crippen LogP contribution in [-0.4, -0.2) is 4.92 Å². The Labute approximate surface area is 80.8 Å². The minimum Gasteiger partial charge on any atom is -0.259 e. The number of hydrogen-bond acceptors (Lipinski definition) is 2. The Morgan fingerprint density at radius 3 is 2.85 bits per heavy atom. The molecule has 0 saturated heterocycles. The van der Waals surface area contributed by atoms with Crippen LogP contribution in [0.15, 0.2) is 30.5 Å². The molecular weight excluding hydrogens is 190 g/mol. The van der Waals surface area contributed by atoms with Crippen molar-refractivity contribution in [3.8, 4) is 0 Å². The SMILES string of the molecule is Cc1cccc(/C(Cl)=C\[N+](=O)[O-])c1. The van der Waals surface area contributed by atoms with Crippen molar-refractivity contribution >= 4 is 16.6 Å². The normalized spacial score (nSPS) is 11.4. The van der Waals surface area contributed by atoms with E-state index in [1.165, 1.54) is 0 Å². The Morgan fingerprint density at radius 2 is 2.31 bits per heavy atom. The molecule has 0 atom stereocenters. The van der Waals surface area contributed by atoms with Crippen LogP contribution in [0, 0.1) is 17.0 Å². The summed E-state index contributed by atoms with van der Waals surface area (Å²) in [6.45, 7) is 1.90. The van der Waals surface area contributed by atoms with Gasteiger partial charge in [0, 0.05) is 0 Å². The lowest BCUT2D eigenvalue weighted by molar-refractivity contribution is -0.401. The summed E-state index contributed by atoms with van der Waals surface area (Å²) in [7, 11) is 0. The highest BCUT2D eigenvalue weighted by Gasteiger charge is 2.02. The minimum atomic E-state index is -0.565. The van der Waals surface area contributed by atoms with Crippen molar-refractivity contribution in [3.05, 3.63) is 51.7 Å². The number of halogens is 1. The van der Waals surface area contributed by atoms with Crippen molar-refractivity contribution < 1.29 is 4.92 Å². The number of rotatable bonds is 2. The highest BCUT2D eigenvalue weighted by atomic mass is 35.5. The molecule has 0 fully saturated rings. The predicted octanol–water partition coefficient (Wildman–Crippen LogP) is 2.81. The average molecular weight is 198 g/mol. The molecule has 0 aromatic heterocycles. The number of nitrogens with zero attached hydrogens (tertiary/aromatic N) is 1. The van der Waals surface area contributed by atoms with Gasteiger partial charge in [-0.25, -0.2) is 0 Å². The smallest absolute Gasteiger partial charge is 0.253 e. The molecule has 1 aromatic rings. The first-order valence-corrected chi connectivity index (χ1v) is 4.05. The van der Waals surface area contributed by atoms with Gasteiger partial charge < -0.3 is 0 Å². The second-order valence-corrected chi connectivity index (χ2v) is 3.04. The summed E-state index contributed by atoms with van der Waals surface area (Å²) in [5, 5.41) is 10.3. The summed E-state index contributed by atoms with van der Waals surface area (Å²) in [4.78, 5) is 9.55. The van der Waals surface area contributed by atoms with Crippen LogP contribution in [0.5, 0.6) is 0 Å². The van der Waals surface area contributed by atoms with Gasteiger partial charge in [-0.2, -0.15) is 0 Å². The van der Waals surface area contributed by atoms with Crippen molar-refractivity contribution in [2.45, 2.75) is 6.92 Å². The highest BCUT2D eigenvalue weighted by Crippen LogP contribution is 2.19. The zero-order valence-corrected chi connectivity index (χ0v) is 7.78. The van der Waals surface area contributed by atoms with Crippen LogP contribution in [0.3, 0.4) is 0 Å². The van der Waals surface area contributed by atoms with Gasteiger partial charge in [0.1, 0.15) is 5.03 Å². The van der Waals surface area contributed by atoms with Crippen molar-refractivity contribution in [1.29, 1.82) is 0 Å². The van der Waals surface area contributed by atoms with Gasteiger partial charge in [0.15, 0.2) is 0 Å². The fourth-order valence-corrected chi connectivity index (χ4v) is 1.16. The molecule has 0 aliphatic rings. The Hall–Kier alpha value is -1.35. The second-order valence-electron chi connectivity index (χ2n) is 2.63. The molecule has 0 amide bonds. The maximum Gasteiger partial charge on any atom is 0.253 e. The largest absolute Gasteiger partial charge is 0.259 e. The lowest BCUT2D eigenvalue weighted by Crippen LogP contribution is -1.86. The van der Waals surface area contributed by atoms with Crippen LogP contribution >= 0.6 is 11.6 Å². The maximum atomic E-state index is 10.1. The van der Waals surface area contributed by atoms with Crippen LogP contribution < -0.4 is 0 Å². The van der Waals surface area contributed by atoms with Gasteiger partial charge in [0.25, 0.3) is 6.20 Å². The van der Waals surface area contributed by atoms with Gasteiger partial charge in [0.05, 0.1) is 4.92 Å². The number of nitro groups is 1. The first-order chi connectivity index (χ1) is 6.09. The second kappa shape index (κ2) is 4.05. The van der Waals surface area contributed by atoms with E-state index in [1.807, 2.05) is 13.0 Å². The molecule has 0 bridgehead atoms. The Morgan fingerprint density at radius 1 is 1.62 bits per heavy atom. The predicted molar refractivity (Wildman–Crippen MR) is 52.0 cm³/mol. The molecule has 0 radical (unpaired) electrons. The van der Waals surface area contributed by atoms with Gasteiger partial charge in [-0.1, -0.05) is 41.4 Å². The van der Waals surface area contributed by atoms with E-state index >= 15 is 0 Å². The third-order valence-corrected chi connectivity index (χ3v) is 1.83. The quantitative estimate of drug-likeness (QED) is 0.541. The van der Waals surface area contributed by atoms with Crippen molar-refractivity contribution in [2.75, 3.05) is 0 Å². The summed E-state index contributed by atoms with van der Waals surface area (Å²) in [5.41, 5.74) is 1.69. The molecule has 1 rings (SSSR count). The van der Waals surface area contributed by atoms with Crippen LogP contribution in [0.2, 0.25) is 0 Å². The Bertz CT molecular complexity index is 360. The summed E-state index contributed by atoms with van der Waals surface area (Å²) in [5.74, 6) is 0. The van der Waals surface area contributed by atoms with Gasteiger partial charge >= 0.3 is 0 Å². The molecule has 0 saturated carbocycles. The van der Waals surface area contributed by atoms with Crippen LogP contribution in [0.1, 0.15) is 11.1 Å². The van der Waals surface area contributed by atoms with E-state index in [2.05, 4.69) is 0 Å². The Kier molecular flexibility index (Phi) is 3.03. The van der Waals surface area contributed by atoms with E-state index in [-0.39, 0.29) is 5.03 Å². The molecule has 0 unspecified atom stereocenters. The van der Waals surface area contributed by atoms with Crippen LogP contribution in [-0.2, 0) is 0 Å². The van der Waals surface area contributed by atoms with Gasteiger partial charge in [0.2, 0.25) is 0 Å². The molecule has 0 aliphatic carbocycles. The summed E-state index contributed by atoms with van der Waals surface area (Å²) in [6.07, 6.45) is 0.788. The minimum absolute atomic E-state index is 0.147. The highest BCUT2D eigenvalue weighted by molar-refractivity contribution is 6.48. The zero-order valence-electron chi connectivity index (χ0n) is 7.03. The van der Waals surface area contributed by atoms with E-state index in [4.69, 9.17) is 11.6 Å².